The highest BCUT2D eigenvalue weighted by Gasteiger charge is 2.11. The summed E-state index contributed by atoms with van der Waals surface area (Å²) in [4.78, 5) is 0. The Morgan fingerprint density at radius 3 is 2.67 bits per heavy atom. The summed E-state index contributed by atoms with van der Waals surface area (Å²) in [6.45, 7) is 0. The van der Waals surface area contributed by atoms with E-state index in [0.29, 0.717) is 15.9 Å². The Labute approximate surface area is 118 Å². The predicted molar refractivity (Wildman–Crippen MR) is 74.2 cm³/mol. The van der Waals surface area contributed by atoms with Crippen LogP contribution in [0.3, 0.4) is 0 Å². The maximum Gasteiger partial charge on any atom is 0.124 e. The van der Waals surface area contributed by atoms with E-state index in [4.69, 9.17) is 11.6 Å². The summed E-state index contributed by atoms with van der Waals surface area (Å²) in [5.74, 6) is -0.303. The lowest BCUT2D eigenvalue weighted by Gasteiger charge is -2.12. The van der Waals surface area contributed by atoms with E-state index in [0.717, 1.165) is 11.1 Å². The number of hydrogen-bond acceptors (Lipinski definition) is 1. The van der Waals surface area contributed by atoms with Crippen LogP contribution in [-0.4, -0.2) is 5.11 Å². The Bertz CT molecular complexity index is 559. The van der Waals surface area contributed by atoms with Crippen LogP contribution in [0.15, 0.2) is 46.9 Å². The molecule has 2 aromatic rings. The van der Waals surface area contributed by atoms with Gasteiger partial charge in [-0.25, -0.2) is 4.39 Å². The van der Waals surface area contributed by atoms with Gasteiger partial charge in [-0.15, -0.1) is 0 Å². The van der Waals surface area contributed by atoms with E-state index < -0.39 is 6.10 Å². The third-order valence-corrected chi connectivity index (χ3v) is 3.64. The number of benzene rings is 2. The van der Waals surface area contributed by atoms with E-state index in [1.54, 1.807) is 24.3 Å². The molecule has 0 spiro atoms. The maximum atomic E-state index is 13.0. The fourth-order valence-corrected chi connectivity index (χ4v) is 2.44. The Hall–Kier alpha value is -0.900. The van der Waals surface area contributed by atoms with Crippen molar-refractivity contribution < 1.29 is 9.50 Å². The zero-order valence-electron chi connectivity index (χ0n) is 9.41. The number of rotatable bonds is 3. The molecule has 0 amide bonds. The van der Waals surface area contributed by atoms with Gasteiger partial charge in [0.15, 0.2) is 0 Å². The normalized spacial score (nSPS) is 12.4. The molecule has 0 bridgehead atoms. The van der Waals surface area contributed by atoms with Crippen molar-refractivity contribution >= 4 is 27.5 Å². The summed E-state index contributed by atoms with van der Waals surface area (Å²) in [5.41, 5.74) is 1.60. The van der Waals surface area contributed by atoms with Gasteiger partial charge in [0.25, 0.3) is 0 Å². The molecule has 0 aliphatic heterocycles. The summed E-state index contributed by atoms with van der Waals surface area (Å²) in [6, 6.07) is 11.5. The van der Waals surface area contributed by atoms with Crippen molar-refractivity contribution in [3.05, 3.63) is 68.9 Å². The molecule has 0 heterocycles. The van der Waals surface area contributed by atoms with Gasteiger partial charge in [0, 0.05) is 15.9 Å². The second-order valence-corrected chi connectivity index (χ2v) is 5.30. The number of hydrogen-bond donors (Lipinski definition) is 1. The van der Waals surface area contributed by atoms with Crippen LogP contribution in [0.1, 0.15) is 17.2 Å². The van der Waals surface area contributed by atoms with E-state index in [9.17, 15) is 9.50 Å². The standard InChI is InChI=1S/C14H11BrClFO/c15-13-8-12(17)5-4-9(13)7-14(18)10-2-1-3-11(16)6-10/h1-6,8,14,18H,7H2. The second kappa shape index (κ2) is 5.83. The average Bonchev–Trinajstić information content (AvgIpc) is 2.32. The molecule has 0 aliphatic rings. The monoisotopic (exact) mass is 328 g/mol. The van der Waals surface area contributed by atoms with Crippen LogP contribution in [0.25, 0.3) is 0 Å². The van der Waals surface area contributed by atoms with Crippen LogP contribution in [0.5, 0.6) is 0 Å². The average molecular weight is 330 g/mol. The molecule has 1 atom stereocenters. The van der Waals surface area contributed by atoms with Gasteiger partial charge >= 0.3 is 0 Å². The fraction of sp³-hybridized carbons (Fsp3) is 0.143. The molecule has 0 saturated carbocycles. The first kappa shape index (κ1) is 13.5. The molecule has 0 saturated heterocycles. The lowest BCUT2D eigenvalue weighted by Crippen LogP contribution is -2.02. The van der Waals surface area contributed by atoms with E-state index >= 15 is 0 Å². The first-order chi connectivity index (χ1) is 8.56. The first-order valence-electron chi connectivity index (χ1n) is 5.44. The lowest BCUT2D eigenvalue weighted by atomic mass is 10.0. The summed E-state index contributed by atoms with van der Waals surface area (Å²) < 4.78 is 13.6. The Morgan fingerprint density at radius 2 is 2.00 bits per heavy atom. The predicted octanol–water partition coefficient (Wildman–Crippen LogP) is 4.52. The number of aliphatic hydroxyl groups excluding tert-OH is 1. The van der Waals surface area contributed by atoms with Gasteiger partial charge in [-0.05, 0) is 35.4 Å². The largest absolute Gasteiger partial charge is 0.388 e. The zero-order chi connectivity index (χ0) is 13.1. The Morgan fingerprint density at radius 1 is 1.22 bits per heavy atom. The zero-order valence-corrected chi connectivity index (χ0v) is 11.7. The molecule has 1 unspecified atom stereocenters. The fourth-order valence-electron chi connectivity index (χ4n) is 1.73. The summed E-state index contributed by atoms with van der Waals surface area (Å²) >= 11 is 9.16. The minimum atomic E-state index is -0.662. The number of halogens is 3. The maximum absolute atomic E-state index is 13.0. The van der Waals surface area contributed by atoms with Crippen molar-refractivity contribution in [2.75, 3.05) is 0 Å². The van der Waals surface area contributed by atoms with Crippen molar-refractivity contribution in [1.82, 2.24) is 0 Å². The van der Waals surface area contributed by atoms with Gasteiger partial charge in [-0.1, -0.05) is 45.7 Å². The summed E-state index contributed by atoms with van der Waals surface area (Å²) in [6.07, 6.45) is -0.258. The topological polar surface area (TPSA) is 20.2 Å². The van der Waals surface area contributed by atoms with Crippen molar-refractivity contribution in [2.24, 2.45) is 0 Å². The van der Waals surface area contributed by atoms with E-state index in [1.807, 2.05) is 6.07 Å². The molecule has 1 nitrogen and oxygen atoms in total. The van der Waals surface area contributed by atoms with Crippen LogP contribution in [0.4, 0.5) is 4.39 Å². The van der Waals surface area contributed by atoms with E-state index in [-0.39, 0.29) is 5.82 Å². The Kier molecular flexibility index (Phi) is 4.38. The van der Waals surface area contributed by atoms with Gasteiger partial charge in [-0.2, -0.15) is 0 Å². The third kappa shape index (κ3) is 3.31. The summed E-state index contributed by atoms with van der Waals surface area (Å²) in [5, 5.41) is 10.7. The molecule has 0 fully saturated rings. The van der Waals surface area contributed by atoms with Gasteiger partial charge in [0.05, 0.1) is 6.10 Å². The van der Waals surface area contributed by atoms with Gasteiger partial charge < -0.3 is 5.11 Å². The molecule has 18 heavy (non-hydrogen) atoms. The number of aliphatic hydroxyl groups is 1. The van der Waals surface area contributed by atoms with Crippen molar-refractivity contribution in [2.45, 2.75) is 12.5 Å². The first-order valence-corrected chi connectivity index (χ1v) is 6.61. The van der Waals surface area contributed by atoms with Crippen LogP contribution in [-0.2, 0) is 6.42 Å². The smallest absolute Gasteiger partial charge is 0.124 e. The van der Waals surface area contributed by atoms with E-state index in [1.165, 1.54) is 12.1 Å². The highest BCUT2D eigenvalue weighted by molar-refractivity contribution is 9.10. The quantitative estimate of drug-likeness (QED) is 0.878. The molecule has 2 aromatic carbocycles. The van der Waals surface area contributed by atoms with Gasteiger partial charge in [0.1, 0.15) is 5.82 Å². The molecule has 2 rings (SSSR count). The second-order valence-electron chi connectivity index (χ2n) is 4.01. The highest BCUT2D eigenvalue weighted by atomic mass is 79.9. The molecule has 0 aliphatic carbocycles. The molecular weight excluding hydrogens is 319 g/mol. The van der Waals surface area contributed by atoms with Gasteiger partial charge in [0.2, 0.25) is 0 Å². The molecule has 1 N–H and O–H groups in total. The third-order valence-electron chi connectivity index (χ3n) is 2.66. The van der Waals surface area contributed by atoms with Crippen molar-refractivity contribution in [3.63, 3.8) is 0 Å². The SMILES string of the molecule is OC(Cc1ccc(F)cc1Br)c1cccc(Cl)c1. The molecule has 94 valence electrons. The van der Waals surface area contributed by atoms with Crippen LogP contribution in [0.2, 0.25) is 5.02 Å². The van der Waals surface area contributed by atoms with Crippen molar-refractivity contribution in [3.8, 4) is 0 Å². The minimum absolute atomic E-state index is 0.303. The van der Waals surface area contributed by atoms with Crippen LogP contribution < -0.4 is 0 Å². The van der Waals surface area contributed by atoms with Crippen molar-refractivity contribution in [1.29, 1.82) is 0 Å². The lowest BCUT2D eigenvalue weighted by molar-refractivity contribution is 0.178. The van der Waals surface area contributed by atoms with Gasteiger partial charge in [-0.3, -0.25) is 0 Å². The Balaban J connectivity index is 2.18. The van der Waals surface area contributed by atoms with Crippen LogP contribution in [0, 0.1) is 5.82 Å². The van der Waals surface area contributed by atoms with E-state index in [2.05, 4.69) is 15.9 Å². The summed E-state index contributed by atoms with van der Waals surface area (Å²) in [7, 11) is 0. The molecule has 0 aromatic heterocycles. The van der Waals surface area contributed by atoms with Crippen LogP contribution >= 0.6 is 27.5 Å². The highest BCUT2D eigenvalue weighted by Crippen LogP contribution is 2.25. The molecule has 0 radical (unpaired) electrons. The molecule has 4 heteroatoms. The molecular formula is C14H11BrClFO. The minimum Gasteiger partial charge on any atom is -0.388 e.